The van der Waals surface area contributed by atoms with E-state index in [-0.39, 0.29) is 0 Å². The van der Waals surface area contributed by atoms with Crippen molar-refractivity contribution in [3.8, 4) is 0 Å². The molecule has 0 saturated heterocycles. The SMILES string of the molecule is Nc1cc(Cl)ccc1NCCc1cccs1. The highest BCUT2D eigenvalue weighted by molar-refractivity contribution is 7.09. The van der Waals surface area contributed by atoms with E-state index in [1.807, 2.05) is 12.1 Å². The number of hydrogen-bond acceptors (Lipinski definition) is 3. The zero-order valence-corrected chi connectivity index (χ0v) is 10.3. The fourth-order valence-corrected chi connectivity index (χ4v) is 2.36. The number of anilines is 2. The molecule has 0 bridgehead atoms. The molecule has 0 unspecified atom stereocenters. The van der Waals surface area contributed by atoms with E-state index in [0.29, 0.717) is 10.7 Å². The monoisotopic (exact) mass is 252 g/mol. The minimum Gasteiger partial charge on any atom is -0.397 e. The van der Waals surface area contributed by atoms with Crippen LogP contribution in [-0.2, 0) is 6.42 Å². The van der Waals surface area contributed by atoms with Gasteiger partial charge < -0.3 is 11.1 Å². The van der Waals surface area contributed by atoms with Gasteiger partial charge in [-0.2, -0.15) is 0 Å². The Morgan fingerprint density at radius 1 is 1.31 bits per heavy atom. The standard InChI is InChI=1S/C12H13ClN2S/c13-9-3-4-12(11(14)8-9)15-6-5-10-2-1-7-16-10/h1-4,7-8,15H,5-6,14H2. The van der Waals surface area contributed by atoms with E-state index in [1.54, 1.807) is 17.4 Å². The van der Waals surface area contributed by atoms with Crippen LogP contribution in [0, 0.1) is 0 Å². The fraction of sp³-hybridized carbons (Fsp3) is 0.167. The Morgan fingerprint density at radius 3 is 2.88 bits per heavy atom. The zero-order valence-electron chi connectivity index (χ0n) is 8.74. The van der Waals surface area contributed by atoms with Crippen molar-refractivity contribution in [1.82, 2.24) is 0 Å². The van der Waals surface area contributed by atoms with E-state index in [0.717, 1.165) is 18.7 Å². The van der Waals surface area contributed by atoms with E-state index in [2.05, 4.69) is 22.8 Å². The lowest BCUT2D eigenvalue weighted by Gasteiger charge is -2.08. The van der Waals surface area contributed by atoms with Crippen LogP contribution in [0.1, 0.15) is 4.88 Å². The third-order valence-electron chi connectivity index (χ3n) is 2.28. The molecule has 3 N–H and O–H groups in total. The van der Waals surface area contributed by atoms with Crippen LogP contribution in [0.25, 0.3) is 0 Å². The highest BCUT2D eigenvalue weighted by Crippen LogP contribution is 2.22. The van der Waals surface area contributed by atoms with Gasteiger partial charge in [-0.05, 0) is 36.1 Å². The molecule has 0 saturated carbocycles. The first kappa shape index (κ1) is 11.3. The summed E-state index contributed by atoms with van der Waals surface area (Å²) < 4.78 is 0. The van der Waals surface area contributed by atoms with E-state index >= 15 is 0 Å². The van der Waals surface area contributed by atoms with Gasteiger partial charge in [0.1, 0.15) is 0 Å². The normalized spacial score (nSPS) is 10.3. The molecule has 0 radical (unpaired) electrons. The second-order valence-corrected chi connectivity index (χ2v) is 4.96. The summed E-state index contributed by atoms with van der Waals surface area (Å²) in [5, 5.41) is 6.06. The van der Waals surface area contributed by atoms with Crippen LogP contribution >= 0.6 is 22.9 Å². The van der Waals surface area contributed by atoms with Gasteiger partial charge in [0.05, 0.1) is 11.4 Å². The Bertz CT molecular complexity index is 454. The average molecular weight is 253 g/mol. The molecular weight excluding hydrogens is 240 g/mol. The molecule has 84 valence electrons. The molecule has 16 heavy (non-hydrogen) atoms. The zero-order chi connectivity index (χ0) is 11.4. The highest BCUT2D eigenvalue weighted by atomic mass is 35.5. The van der Waals surface area contributed by atoms with Crippen LogP contribution in [0.5, 0.6) is 0 Å². The number of nitrogens with two attached hydrogens (primary N) is 1. The Labute approximate surface area is 104 Å². The summed E-state index contributed by atoms with van der Waals surface area (Å²) in [6, 6.07) is 9.71. The Kier molecular flexibility index (Phi) is 3.70. The lowest BCUT2D eigenvalue weighted by Crippen LogP contribution is -2.05. The van der Waals surface area contributed by atoms with Crippen LogP contribution in [-0.4, -0.2) is 6.54 Å². The maximum absolute atomic E-state index is 5.84. The number of nitrogen functional groups attached to an aromatic ring is 1. The molecule has 2 nitrogen and oxygen atoms in total. The summed E-state index contributed by atoms with van der Waals surface area (Å²) in [6.45, 7) is 0.881. The van der Waals surface area contributed by atoms with Gasteiger partial charge in [0.15, 0.2) is 0 Å². The van der Waals surface area contributed by atoms with Gasteiger partial charge in [-0.15, -0.1) is 11.3 Å². The summed E-state index contributed by atoms with van der Waals surface area (Å²) in [6.07, 6.45) is 1.01. The van der Waals surface area contributed by atoms with Crippen LogP contribution < -0.4 is 11.1 Å². The predicted octanol–water partition coefficient (Wildman–Crippen LogP) is 3.64. The summed E-state index contributed by atoms with van der Waals surface area (Å²) in [5.41, 5.74) is 7.48. The minimum absolute atomic E-state index is 0.668. The maximum Gasteiger partial charge on any atom is 0.0575 e. The molecule has 2 aromatic rings. The molecule has 1 aromatic heterocycles. The van der Waals surface area contributed by atoms with Crippen molar-refractivity contribution >= 4 is 34.3 Å². The van der Waals surface area contributed by atoms with Crippen molar-refractivity contribution in [3.63, 3.8) is 0 Å². The molecule has 0 aliphatic heterocycles. The molecule has 0 aliphatic carbocycles. The van der Waals surface area contributed by atoms with E-state index in [1.165, 1.54) is 4.88 Å². The first-order valence-corrected chi connectivity index (χ1v) is 6.33. The van der Waals surface area contributed by atoms with Gasteiger partial charge in [-0.1, -0.05) is 17.7 Å². The summed E-state index contributed by atoms with van der Waals surface area (Å²) in [4.78, 5) is 1.38. The second-order valence-electron chi connectivity index (χ2n) is 3.49. The summed E-state index contributed by atoms with van der Waals surface area (Å²) in [5.74, 6) is 0. The van der Waals surface area contributed by atoms with Gasteiger partial charge in [-0.3, -0.25) is 0 Å². The third kappa shape index (κ3) is 2.90. The molecule has 0 aliphatic rings. The summed E-state index contributed by atoms with van der Waals surface area (Å²) >= 11 is 7.60. The highest BCUT2D eigenvalue weighted by Gasteiger charge is 1.99. The fourth-order valence-electron chi connectivity index (χ4n) is 1.47. The third-order valence-corrected chi connectivity index (χ3v) is 3.45. The molecule has 1 aromatic carbocycles. The minimum atomic E-state index is 0.668. The Morgan fingerprint density at radius 2 is 2.19 bits per heavy atom. The number of thiophene rings is 1. The largest absolute Gasteiger partial charge is 0.397 e. The van der Waals surface area contributed by atoms with Gasteiger partial charge in [0.25, 0.3) is 0 Å². The quantitative estimate of drug-likeness (QED) is 0.816. The van der Waals surface area contributed by atoms with E-state index in [4.69, 9.17) is 17.3 Å². The molecule has 0 amide bonds. The lowest BCUT2D eigenvalue weighted by atomic mass is 10.2. The first-order valence-electron chi connectivity index (χ1n) is 5.07. The Balaban J connectivity index is 1.90. The van der Waals surface area contributed by atoms with Crippen molar-refractivity contribution in [1.29, 1.82) is 0 Å². The van der Waals surface area contributed by atoms with Gasteiger partial charge in [0, 0.05) is 16.4 Å². The average Bonchev–Trinajstić information content (AvgIpc) is 2.74. The number of hydrogen-bond donors (Lipinski definition) is 2. The molecule has 0 atom stereocenters. The molecule has 0 spiro atoms. The molecule has 2 rings (SSSR count). The second kappa shape index (κ2) is 5.23. The van der Waals surface area contributed by atoms with Crippen LogP contribution in [0.15, 0.2) is 35.7 Å². The molecule has 4 heteroatoms. The summed E-state index contributed by atoms with van der Waals surface area (Å²) in [7, 11) is 0. The van der Waals surface area contributed by atoms with Crippen LogP contribution in [0.2, 0.25) is 5.02 Å². The number of nitrogens with one attached hydrogen (secondary N) is 1. The molecule has 0 fully saturated rings. The molecular formula is C12H13ClN2S. The van der Waals surface area contributed by atoms with Crippen molar-refractivity contribution in [2.45, 2.75) is 6.42 Å². The topological polar surface area (TPSA) is 38.0 Å². The predicted molar refractivity (Wildman–Crippen MR) is 72.4 cm³/mol. The van der Waals surface area contributed by atoms with E-state index < -0.39 is 0 Å². The Hall–Kier alpha value is -1.19. The van der Waals surface area contributed by atoms with Crippen LogP contribution in [0.4, 0.5) is 11.4 Å². The van der Waals surface area contributed by atoms with E-state index in [9.17, 15) is 0 Å². The van der Waals surface area contributed by atoms with Crippen molar-refractivity contribution in [2.24, 2.45) is 0 Å². The van der Waals surface area contributed by atoms with Crippen molar-refractivity contribution < 1.29 is 0 Å². The van der Waals surface area contributed by atoms with Gasteiger partial charge >= 0.3 is 0 Å². The number of halogens is 1. The van der Waals surface area contributed by atoms with Crippen molar-refractivity contribution in [3.05, 3.63) is 45.6 Å². The first-order chi connectivity index (χ1) is 7.75. The molecule has 1 heterocycles. The van der Waals surface area contributed by atoms with Gasteiger partial charge in [-0.25, -0.2) is 0 Å². The van der Waals surface area contributed by atoms with Crippen molar-refractivity contribution in [2.75, 3.05) is 17.6 Å². The lowest BCUT2D eigenvalue weighted by molar-refractivity contribution is 1.05. The number of rotatable bonds is 4. The van der Waals surface area contributed by atoms with Gasteiger partial charge in [0.2, 0.25) is 0 Å². The maximum atomic E-state index is 5.84. The number of benzene rings is 1. The smallest absolute Gasteiger partial charge is 0.0575 e. The van der Waals surface area contributed by atoms with Crippen LogP contribution in [0.3, 0.4) is 0 Å².